The van der Waals surface area contributed by atoms with Crippen LogP contribution in [0.1, 0.15) is 24.5 Å². The number of carbonyl (C=O) groups excluding carboxylic acids is 1. The van der Waals surface area contributed by atoms with Crippen LogP contribution >= 0.6 is 11.6 Å². The number of amides is 1. The van der Waals surface area contributed by atoms with Gasteiger partial charge in [0, 0.05) is 43.3 Å². The third-order valence-electron chi connectivity index (χ3n) is 5.56. The van der Waals surface area contributed by atoms with E-state index in [4.69, 9.17) is 11.6 Å². The van der Waals surface area contributed by atoms with E-state index in [1.807, 2.05) is 29.2 Å². The second-order valence-electron chi connectivity index (χ2n) is 7.84. The van der Waals surface area contributed by atoms with Gasteiger partial charge in [0.05, 0.1) is 4.90 Å². The summed E-state index contributed by atoms with van der Waals surface area (Å²) in [6.07, 6.45) is 0.873. The van der Waals surface area contributed by atoms with Gasteiger partial charge in [-0.25, -0.2) is 8.42 Å². The molecule has 2 aromatic carbocycles. The van der Waals surface area contributed by atoms with Crippen molar-refractivity contribution in [2.75, 3.05) is 26.2 Å². The lowest BCUT2D eigenvalue weighted by Gasteiger charge is -2.23. The molecule has 31 heavy (non-hydrogen) atoms. The van der Waals surface area contributed by atoms with Crippen LogP contribution in [0.5, 0.6) is 0 Å². The number of sulfonamides is 1. The maximum Gasteiger partial charge on any atom is 0.263 e. The molecule has 7 nitrogen and oxygen atoms in total. The summed E-state index contributed by atoms with van der Waals surface area (Å²) in [6, 6.07) is 13.8. The molecule has 2 aliphatic heterocycles. The van der Waals surface area contributed by atoms with Crippen LogP contribution in [0.15, 0.2) is 58.4 Å². The van der Waals surface area contributed by atoms with Gasteiger partial charge in [-0.05, 0) is 43.2 Å². The first kappa shape index (κ1) is 21.8. The minimum Gasteiger partial charge on any atom is -0.340 e. The maximum atomic E-state index is 13.0. The van der Waals surface area contributed by atoms with Gasteiger partial charge in [0.15, 0.2) is 0 Å². The maximum absolute atomic E-state index is 13.0. The molecule has 2 heterocycles. The number of hydrogen-bond donors (Lipinski definition) is 1. The van der Waals surface area contributed by atoms with E-state index in [9.17, 15) is 13.2 Å². The Morgan fingerprint density at radius 2 is 1.84 bits per heavy atom. The first-order valence-corrected chi connectivity index (χ1v) is 12.2. The summed E-state index contributed by atoms with van der Waals surface area (Å²) in [5.41, 5.74) is 1.70. The van der Waals surface area contributed by atoms with Crippen LogP contribution < -0.4 is 4.72 Å². The molecule has 1 atom stereocenters. The minimum absolute atomic E-state index is 0.0931. The molecule has 0 radical (unpaired) electrons. The zero-order valence-corrected chi connectivity index (χ0v) is 18.9. The van der Waals surface area contributed by atoms with Crippen molar-refractivity contribution in [3.05, 3.63) is 64.7 Å². The molecule has 1 fully saturated rings. The number of amidine groups is 1. The summed E-state index contributed by atoms with van der Waals surface area (Å²) in [6.45, 7) is 5.48. The largest absolute Gasteiger partial charge is 0.340 e. The lowest BCUT2D eigenvalue weighted by atomic mass is 10.2. The van der Waals surface area contributed by atoms with Gasteiger partial charge < -0.3 is 4.90 Å². The summed E-state index contributed by atoms with van der Waals surface area (Å²) in [4.78, 5) is 21.8. The predicted octanol–water partition coefficient (Wildman–Crippen LogP) is 2.50. The highest BCUT2D eigenvalue weighted by Crippen LogP contribution is 2.23. The second-order valence-corrected chi connectivity index (χ2v) is 9.92. The first-order chi connectivity index (χ1) is 14.8. The minimum atomic E-state index is -3.62. The third kappa shape index (κ3) is 4.92. The van der Waals surface area contributed by atoms with Crippen molar-refractivity contribution >= 4 is 33.4 Å². The fourth-order valence-electron chi connectivity index (χ4n) is 3.94. The monoisotopic (exact) mass is 460 g/mol. The highest BCUT2D eigenvalue weighted by Gasteiger charge is 2.32. The SMILES string of the molecule is C[C@H](N=C1NS(=O)(=O)c2ccccc21)C(=O)N1CCCN(Cc2ccc(Cl)cc2)CC1. The van der Waals surface area contributed by atoms with E-state index in [2.05, 4.69) is 14.6 Å². The van der Waals surface area contributed by atoms with Gasteiger partial charge in [-0.3, -0.25) is 19.4 Å². The molecule has 9 heteroatoms. The molecule has 0 unspecified atom stereocenters. The number of nitrogens with one attached hydrogen (secondary N) is 1. The lowest BCUT2D eigenvalue weighted by molar-refractivity contribution is -0.132. The first-order valence-electron chi connectivity index (χ1n) is 10.3. The average Bonchev–Trinajstić information content (AvgIpc) is 2.89. The van der Waals surface area contributed by atoms with Crippen molar-refractivity contribution in [3.63, 3.8) is 0 Å². The number of benzene rings is 2. The van der Waals surface area contributed by atoms with Gasteiger partial charge in [-0.15, -0.1) is 0 Å². The summed E-state index contributed by atoms with van der Waals surface area (Å²) >= 11 is 5.96. The summed E-state index contributed by atoms with van der Waals surface area (Å²) in [7, 11) is -3.62. The van der Waals surface area contributed by atoms with Crippen molar-refractivity contribution in [2.24, 2.45) is 4.99 Å². The Morgan fingerprint density at radius 1 is 1.10 bits per heavy atom. The molecule has 1 amide bonds. The topological polar surface area (TPSA) is 82.1 Å². The zero-order valence-electron chi connectivity index (χ0n) is 17.3. The van der Waals surface area contributed by atoms with Crippen molar-refractivity contribution in [1.82, 2.24) is 14.5 Å². The Hall–Kier alpha value is -2.42. The standard InChI is InChI=1S/C22H25ClN4O3S/c1-16(24-21-19-5-2-3-6-20(19)31(29,30)25-21)22(28)27-12-4-11-26(13-14-27)15-17-7-9-18(23)10-8-17/h2-3,5-10,16H,4,11-15H2,1H3,(H,24,25)/t16-/m0/s1. The number of hydrogen-bond acceptors (Lipinski definition) is 5. The van der Waals surface area contributed by atoms with Crippen molar-refractivity contribution in [3.8, 4) is 0 Å². The fourth-order valence-corrected chi connectivity index (χ4v) is 5.31. The number of halogens is 1. The number of fused-ring (bicyclic) bond motifs is 1. The Kier molecular flexibility index (Phi) is 6.31. The smallest absolute Gasteiger partial charge is 0.263 e. The van der Waals surface area contributed by atoms with Gasteiger partial charge in [-0.1, -0.05) is 35.9 Å². The quantitative estimate of drug-likeness (QED) is 0.760. The molecule has 1 saturated heterocycles. The molecule has 0 aromatic heterocycles. The molecule has 164 valence electrons. The highest BCUT2D eigenvalue weighted by molar-refractivity contribution is 7.90. The van der Waals surface area contributed by atoms with E-state index in [0.29, 0.717) is 18.7 Å². The lowest BCUT2D eigenvalue weighted by Crippen LogP contribution is -2.40. The van der Waals surface area contributed by atoms with E-state index < -0.39 is 16.1 Å². The van der Waals surface area contributed by atoms with E-state index in [0.717, 1.165) is 31.1 Å². The Morgan fingerprint density at radius 3 is 2.61 bits per heavy atom. The zero-order chi connectivity index (χ0) is 22.0. The van der Waals surface area contributed by atoms with Crippen molar-refractivity contribution < 1.29 is 13.2 Å². The average molecular weight is 461 g/mol. The number of rotatable bonds is 4. The van der Waals surface area contributed by atoms with Crippen LogP contribution in [0.25, 0.3) is 0 Å². The van der Waals surface area contributed by atoms with Crippen molar-refractivity contribution in [1.29, 1.82) is 0 Å². The van der Waals surface area contributed by atoms with Gasteiger partial charge in [0.25, 0.3) is 10.0 Å². The predicted molar refractivity (Wildman–Crippen MR) is 121 cm³/mol. The molecule has 0 bridgehead atoms. The molecule has 4 rings (SSSR count). The summed E-state index contributed by atoms with van der Waals surface area (Å²) < 4.78 is 27.0. The number of aliphatic imine (C=N–C) groups is 1. The van der Waals surface area contributed by atoms with Crippen LogP contribution in [0, 0.1) is 0 Å². The van der Waals surface area contributed by atoms with Crippen LogP contribution in [0.3, 0.4) is 0 Å². The van der Waals surface area contributed by atoms with E-state index in [1.165, 1.54) is 11.6 Å². The Bertz CT molecular complexity index is 1100. The van der Waals surface area contributed by atoms with Crippen LogP contribution in [-0.2, 0) is 21.4 Å². The number of carbonyl (C=O) groups is 1. The van der Waals surface area contributed by atoms with E-state index in [-0.39, 0.29) is 16.6 Å². The molecular weight excluding hydrogens is 436 g/mol. The van der Waals surface area contributed by atoms with Crippen LogP contribution in [-0.4, -0.2) is 62.2 Å². The molecule has 0 aliphatic carbocycles. The van der Waals surface area contributed by atoms with Gasteiger partial charge in [0.1, 0.15) is 11.9 Å². The van der Waals surface area contributed by atoms with Gasteiger partial charge in [0.2, 0.25) is 5.91 Å². The molecule has 2 aromatic rings. The molecular formula is C22H25ClN4O3S. The third-order valence-corrected chi connectivity index (χ3v) is 7.21. The fraction of sp³-hybridized carbons (Fsp3) is 0.364. The second kappa shape index (κ2) is 8.98. The van der Waals surface area contributed by atoms with Gasteiger partial charge in [-0.2, -0.15) is 0 Å². The molecule has 0 saturated carbocycles. The molecule has 1 N–H and O–H groups in total. The normalized spacial score (nSPS) is 20.7. The Labute approximate surface area is 187 Å². The highest BCUT2D eigenvalue weighted by atomic mass is 35.5. The molecule has 0 spiro atoms. The van der Waals surface area contributed by atoms with Gasteiger partial charge >= 0.3 is 0 Å². The number of nitrogens with zero attached hydrogens (tertiary/aromatic N) is 3. The van der Waals surface area contributed by atoms with E-state index in [1.54, 1.807) is 25.1 Å². The summed E-state index contributed by atoms with van der Waals surface area (Å²) in [5, 5.41) is 0.721. The van der Waals surface area contributed by atoms with Crippen molar-refractivity contribution in [2.45, 2.75) is 30.8 Å². The van der Waals surface area contributed by atoms with Crippen LogP contribution in [0.2, 0.25) is 5.02 Å². The van der Waals surface area contributed by atoms with Crippen LogP contribution in [0.4, 0.5) is 0 Å². The summed E-state index contributed by atoms with van der Waals surface area (Å²) in [5.74, 6) is 0.139. The van der Waals surface area contributed by atoms with E-state index >= 15 is 0 Å². The molecule has 2 aliphatic rings. The Balaban J connectivity index is 1.40.